The van der Waals surface area contributed by atoms with Crippen LogP contribution in [-0.2, 0) is 4.74 Å². The molecule has 32 heavy (non-hydrogen) atoms. The van der Waals surface area contributed by atoms with Gasteiger partial charge in [-0.3, -0.25) is 4.98 Å². The fourth-order valence-corrected chi connectivity index (χ4v) is 4.28. The van der Waals surface area contributed by atoms with Crippen LogP contribution in [-0.4, -0.2) is 53.3 Å². The second-order valence-corrected chi connectivity index (χ2v) is 9.70. The summed E-state index contributed by atoms with van der Waals surface area (Å²) in [5.74, 6) is -0.00870. The van der Waals surface area contributed by atoms with Crippen molar-refractivity contribution in [1.82, 2.24) is 20.3 Å². The molecular weight excluding hydrogens is 407 g/mol. The van der Waals surface area contributed by atoms with Gasteiger partial charge in [0.15, 0.2) is 5.82 Å². The fourth-order valence-electron chi connectivity index (χ4n) is 4.28. The lowest BCUT2D eigenvalue weighted by Gasteiger charge is -2.31. The molecule has 0 amide bonds. The van der Waals surface area contributed by atoms with Gasteiger partial charge in [0.2, 0.25) is 5.95 Å². The summed E-state index contributed by atoms with van der Waals surface area (Å²) in [6.07, 6.45) is 9.61. The van der Waals surface area contributed by atoms with E-state index in [2.05, 4.69) is 44.7 Å². The maximum atomic E-state index is 14.6. The molecule has 0 aliphatic heterocycles. The van der Waals surface area contributed by atoms with Gasteiger partial charge in [-0.25, -0.2) is 14.4 Å². The summed E-state index contributed by atoms with van der Waals surface area (Å²) in [4.78, 5) is 13.0. The number of methoxy groups -OCH3 is 1. The molecule has 174 valence electrons. The Bertz CT molecular complexity index is 898. The van der Waals surface area contributed by atoms with E-state index in [1.165, 1.54) is 19.0 Å². The predicted molar refractivity (Wildman–Crippen MR) is 125 cm³/mol. The molecule has 8 heteroatoms. The number of ether oxygens (including phenoxy) is 1. The molecule has 0 radical (unpaired) electrons. The summed E-state index contributed by atoms with van der Waals surface area (Å²) >= 11 is 0. The lowest BCUT2D eigenvalue weighted by atomic mass is 9.91. The molecule has 2 heterocycles. The number of anilines is 2. The van der Waals surface area contributed by atoms with Gasteiger partial charge in [0, 0.05) is 43.7 Å². The average Bonchev–Trinajstić information content (AvgIpc) is 3.53. The Labute approximate surface area is 190 Å². The third kappa shape index (κ3) is 6.13. The number of pyridine rings is 1. The van der Waals surface area contributed by atoms with Gasteiger partial charge in [-0.05, 0) is 63.0 Å². The van der Waals surface area contributed by atoms with E-state index in [-0.39, 0.29) is 11.7 Å². The number of aromatic nitrogens is 3. The first kappa shape index (κ1) is 22.9. The van der Waals surface area contributed by atoms with Gasteiger partial charge in [-0.1, -0.05) is 6.92 Å². The summed E-state index contributed by atoms with van der Waals surface area (Å²) in [6, 6.07) is 4.90. The topological polar surface area (TPSA) is 84.0 Å². The van der Waals surface area contributed by atoms with Crippen LogP contribution in [0.2, 0.25) is 0 Å². The van der Waals surface area contributed by atoms with Crippen molar-refractivity contribution in [3.05, 3.63) is 30.3 Å². The molecule has 0 bridgehead atoms. The Balaban J connectivity index is 1.36. The van der Waals surface area contributed by atoms with Gasteiger partial charge in [0.1, 0.15) is 5.69 Å². The molecule has 2 aromatic heterocycles. The first-order chi connectivity index (χ1) is 15.4. The van der Waals surface area contributed by atoms with Crippen LogP contribution in [0.1, 0.15) is 52.4 Å². The number of nitrogens with one attached hydrogen (secondary N) is 3. The van der Waals surface area contributed by atoms with E-state index in [4.69, 9.17) is 4.74 Å². The van der Waals surface area contributed by atoms with Gasteiger partial charge >= 0.3 is 0 Å². The summed E-state index contributed by atoms with van der Waals surface area (Å²) in [6.45, 7) is 6.05. The average molecular weight is 443 g/mol. The van der Waals surface area contributed by atoms with Gasteiger partial charge in [-0.15, -0.1) is 0 Å². The van der Waals surface area contributed by atoms with Crippen LogP contribution in [0.25, 0.3) is 11.4 Å². The van der Waals surface area contributed by atoms with Crippen molar-refractivity contribution in [2.45, 2.75) is 70.5 Å². The van der Waals surface area contributed by atoms with E-state index >= 15 is 0 Å². The third-order valence-electron chi connectivity index (χ3n) is 6.57. The first-order valence-electron chi connectivity index (χ1n) is 11.7. The molecule has 1 atom stereocenters. The molecule has 2 saturated carbocycles. The monoisotopic (exact) mass is 442 g/mol. The van der Waals surface area contributed by atoms with Crippen molar-refractivity contribution < 1.29 is 9.13 Å². The number of hydrogen-bond acceptors (Lipinski definition) is 7. The summed E-state index contributed by atoms with van der Waals surface area (Å²) in [7, 11) is 1.73. The van der Waals surface area contributed by atoms with Crippen molar-refractivity contribution in [2.75, 3.05) is 30.9 Å². The largest absolute Gasteiger partial charge is 0.384 e. The second kappa shape index (κ2) is 10.1. The molecule has 2 aromatic rings. The fraction of sp³-hybridized carbons (Fsp3) is 0.625. The highest BCUT2D eigenvalue weighted by Gasteiger charge is 2.36. The Morgan fingerprint density at radius 1 is 1.19 bits per heavy atom. The lowest BCUT2D eigenvalue weighted by Crippen LogP contribution is -2.43. The van der Waals surface area contributed by atoms with E-state index in [1.807, 2.05) is 12.1 Å². The molecule has 7 nitrogen and oxygen atoms in total. The number of rotatable bonds is 10. The molecule has 1 unspecified atom stereocenters. The standard InChI is InChI=1S/C24H35FN6O/c1-16(14-32-3)29-17-4-6-18(7-5-17)30-23-27-13-20(25)22(31-23)21-12-19(8-11-26-21)28-15-24(2)9-10-24/h8,11-13,16-18,29H,4-7,9-10,14-15H2,1-3H3,(H,26,28)(H,27,30,31). The molecule has 2 aliphatic rings. The number of nitrogens with zero attached hydrogens (tertiary/aromatic N) is 3. The highest BCUT2D eigenvalue weighted by molar-refractivity contribution is 5.62. The summed E-state index contributed by atoms with van der Waals surface area (Å²) < 4.78 is 19.8. The van der Waals surface area contributed by atoms with Crippen molar-refractivity contribution in [1.29, 1.82) is 0 Å². The van der Waals surface area contributed by atoms with E-state index < -0.39 is 5.82 Å². The van der Waals surface area contributed by atoms with Gasteiger partial charge in [-0.2, -0.15) is 0 Å². The minimum Gasteiger partial charge on any atom is -0.384 e. The van der Waals surface area contributed by atoms with Crippen molar-refractivity contribution >= 4 is 11.6 Å². The molecular formula is C24H35FN6O. The Morgan fingerprint density at radius 3 is 2.66 bits per heavy atom. The summed E-state index contributed by atoms with van der Waals surface area (Å²) in [5, 5.41) is 10.5. The zero-order chi connectivity index (χ0) is 22.6. The molecule has 2 fully saturated rings. The zero-order valence-corrected chi connectivity index (χ0v) is 19.3. The van der Waals surface area contributed by atoms with Crippen molar-refractivity contribution in [2.24, 2.45) is 5.41 Å². The predicted octanol–water partition coefficient (Wildman–Crippen LogP) is 4.24. The third-order valence-corrected chi connectivity index (χ3v) is 6.57. The van der Waals surface area contributed by atoms with E-state index in [1.54, 1.807) is 13.3 Å². The number of hydrogen-bond donors (Lipinski definition) is 3. The molecule has 2 aliphatic carbocycles. The molecule has 0 saturated heterocycles. The molecule has 3 N–H and O–H groups in total. The van der Waals surface area contributed by atoms with Gasteiger partial charge < -0.3 is 20.7 Å². The molecule has 0 aromatic carbocycles. The normalized spacial score (nSPS) is 22.9. The lowest BCUT2D eigenvalue weighted by molar-refractivity contribution is 0.161. The maximum absolute atomic E-state index is 14.6. The maximum Gasteiger partial charge on any atom is 0.223 e. The van der Waals surface area contributed by atoms with Crippen molar-refractivity contribution in [3.8, 4) is 11.4 Å². The minimum absolute atomic E-state index is 0.229. The van der Waals surface area contributed by atoms with Crippen LogP contribution in [0.15, 0.2) is 24.5 Å². The van der Waals surface area contributed by atoms with Crippen LogP contribution in [0.4, 0.5) is 16.0 Å². The van der Waals surface area contributed by atoms with Crippen LogP contribution in [0, 0.1) is 11.2 Å². The highest BCUT2D eigenvalue weighted by atomic mass is 19.1. The van der Waals surface area contributed by atoms with E-state index in [0.717, 1.165) is 37.9 Å². The van der Waals surface area contributed by atoms with Crippen LogP contribution in [0.3, 0.4) is 0 Å². The van der Waals surface area contributed by atoms with Crippen LogP contribution < -0.4 is 16.0 Å². The minimum atomic E-state index is -0.464. The van der Waals surface area contributed by atoms with Crippen LogP contribution >= 0.6 is 0 Å². The number of halogens is 1. The van der Waals surface area contributed by atoms with Crippen LogP contribution in [0.5, 0.6) is 0 Å². The Hall–Kier alpha value is -2.32. The molecule has 0 spiro atoms. The smallest absolute Gasteiger partial charge is 0.223 e. The first-order valence-corrected chi connectivity index (χ1v) is 11.7. The second-order valence-electron chi connectivity index (χ2n) is 9.70. The zero-order valence-electron chi connectivity index (χ0n) is 19.3. The SMILES string of the molecule is COCC(C)NC1CCC(Nc2ncc(F)c(-c3cc(NCC4(C)CC4)ccn3)n2)CC1. The van der Waals surface area contributed by atoms with Gasteiger partial charge in [0.25, 0.3) is 0 Å². The quantitative estimate of drug-likeness (QED) is 0.508. The Kier molecular flexibility index (Phi) is 7.20. The van der Waals surface area contributed by atoms with Crippen molar-refractivity contribution in [3.63, 3.8) is 0 Å². The van der Waals surface area contributed by atoms with Gasteiger partial charge in [0.05, 0.1) is 18.5 Å². The van der Waals surface area contributed by atoms with E-state index in [9.17, 15) is 4.39 Å². The summed E-state index contributed by atoms with van der Waals surface area (Å²) in [5.41, 5.74) is 2.06. The molecule has 4 rings (SSSR count). The Morgan fingerprint density at radius 2 is 1.94 bits per heavy atom. The highest BCUT2D eigenvalue weighted by Crippen LogP contribution is 2.44. The van der Waals surface area contributed by atoms with E-state index in [0.29, 0.717) is 35.7 Å².